The molecule has 160 valence electrons. The molecule has 1 atom stereocenters. The number of carbonyl (C=O) groups excluding carboxylic acids is 1. The number of carbonyl (C=O) groups is 1. The lowest BCUT2D eigenvalue weighted by atomic mass is 10.0. The van der Waals surface area contributed by atoms with E-state index in [9.17, 15) is 23.3 Å². The maximum Gasteiger partial charge on any atom is 0.270 e. The van der Waals surface area contributed by atoms with Crippen LogP contribution in [0.25, 0.3) is 11.1 Å². The Labute approximate surface area is 178 Å². The Bertz CT molecular complexity index is 1070. The van der Waals surface area contributed by atoms with E-state index in [0.717, 1.165) is 4.31 Å². The first-order valence-electron chi connectivity index (χ1n) is 9.02. The summed E-state index contributed by atoms with van der Waals surface area (Å²) in [6.45, 7) is 3.64. The fourth-order valence-corrected chi connectivity index (χ4v) is 6.58. The highest BCUT2D eigenvalue weighted by Crippen LogP contribution is 2.38. The van der Waals surface area contributed by atoms with Crippen molar-refractivity contribution in [2.24, 2.45) is 0 Å². The number of non-ortho nitro benzene ring substituents is 1. The molecule has 0 saturated carbocycles. The molecule has 2 aromatic rings. The molecule has 0 unspecified atom stereocenters. The van der Waals surface area contributed by atoms with E-state index in [-0.39, 0.29) is 17.1 Å². The van der Waals surface area contributed by atoms with Gasteiger partial charge in [-0.1, -0.05) is 24.3 Å². The topological polar surface area (TPSA) is 130 Å². The number of hydroxylamine groups is 1. The van der Waals surface area contributed by atoms with Gasteiger partial charge in [-0.05, 0) is 37.1 Å². The molecular formula is C19H21N3O6S2. The normalized spacial score (nSPS) is 19.2. The molecule has 9 nitrogen and oxygen atoms in total. The van der Waals surface area contributed by atoms with Gasteiger partial charge in [-0.3, -0.25) is 20.1 Å². The number of benzene rings is 2. The maximum absolute atomic E-state index is 13.3. The predicted octanol–water partition coefficient (Wildman–Crippen LogP) is 2.65. The third kappa shape index (κ3) is 4.19. The molecule has 1 aliphatic heterocycles. The molecule has 11 heteroatoms. The van der Waals surface area contributed by atoms with Crippen molar-refractivity contribution in [1.29, 1.82) is 0 Å². The number of hydrogen-bond donors (Lipinski definition) is 2. The van der Waals surface area contributed by atoms with Crippen LogP contribution in [-0.2, 0) is 14.8 Å². The zero-order chi connectivity index (χ0) is 22.1. The molecule has 0 aromatic heterocycles. The van der Waals surface area contributed by atoms with E-state index in [1.807, 2.05) is 0 Å². The number of rotatable bonds is 5. The molecule has 1 saturated heterocycles. The van der Waals surface area contributed by atoms with Gasteiger partial charge in [-0.2, -0.15) is 16.1 Å². The highest BCUT2D eigenvalue weighted by atomic mass is 32.2. The third-order valence-corrected chi connectivity index (χ3v) is 8.17. The van der Waals surface area contributed by atoms with E-state index in [1.54, 1.807) is 43.6 Å². The number of hydrogen-bond acceptors (Lipinski definition) is 7. The third-order valence-electron chi connectivity index (χ3n) is 4.94. The van der Waals surface area contributed by atoms with Gasteiger partial charge in [0.15, 0.2) is 0 Å². The van der Waals surface area contributed by atoms with Crippen molar-refractivity contribution in [2.45, 2.75) is 29.5 Å². The van der Waals surface area contributed by atoms with Crippen LogP contribution in [0.15, 0.2) is 53.4 Å². The Kier molecular flexibility index (Phi) is 6.18. The van der Waals surface area contributed by atoms with E-state index < -0.39 is 31.6 Å². The van der Waals surface area contributed by atoms with Gasteiger partial charge in [0.25, 0.3) is 11.6 Å². The summed E-state index contributed by atoms with van der Waals surface area (Å²) in [4.78, 5) is 22.7. The summed E-state index contributed by atoms with van der Waals surface area (Å²) in [5.41, 5.74) is 2.72. The van der Waals surface area contributed by atoms with Crippen LogP contribution in [0.2, 0.25) is 0 Å². The SMILES string of the molecule is CC1(C)SCCN(S(=O)(=O)c2ccc(-c3cccc([N+](=O)[O-])c3)cc2)[C@H]1C(=O)NO. The van der Waals surface area contributed by atoms with Crippen molar-refractivity contribution < 1.29 is 23.3 Å². The summed E-state index contributed by atoms with van der Waals surface area (Å²) in [7, 11) is -4.02. The van der Waals surface area contributed by atoms with Crippen molar-refractivity contribution in [3.8, 4) is 11.1 Å². The minimum absolute atomic E-state index is 0.00452. The Morgan fingerprint density at radius 2 is 1.90 bits per heavy atom. The molecule has 3 rings (SSSR count). The lowest BCUT2D eigenvalue weighted by Gasteiger charge is -2.43. The van der Waals surface area contributed by atoms with Gasteiger partial charge in [0, 0.05) is 29.2 Å². The number of amides is 1. The van der Waals surface area contributed by atoms with Crippen molar-refractivity contribution in [1.82, 2.24) is 9.79 Å². The average molecular weight is 452 g/mol. The minimum atomic E-state index is -4.02. The molecule has 0 bridgehead atoms. The number of nitrogens with one attached hydrogen (secondary N) is 1. The van der Waals surface area contributed by atoms with Gasteiger partial charge in [0.05, 0.1) is 9.82 Å². The van der Waals surface area contributed by atoms with E-state index in [0.29, 0.717) is 16.9 Å². The Balaban J connectivity index is 1.95. The van der Waals surface area contributed by atoms with Crippen molar-refractivity contribution in [3.05, 3.63) is 58.6 Å². The summed E-state index contributed by atoms with van der Waals surface area (Å²) in [6.07, 6.45) is 0. The number of nitro benzene ring substituents is 1. The molecule has 1 aliphatic rings. The Morgan fingerprint density at radius 3 is 2.50 bits per heavy atom. The molecule has 2 N–H and O–H groups in total. The lowest BCUT2D eigenvalue weighted by Crippen LogP contribution is -2.61. The van der Waals surface area contributed by atoms with Gasteiger partial charge >= 0.3 is 0 Å². The summed E-state index contributed by atoms with van der Waals surface area (Å²) < 4.78 is 26.9. The van der Waals surface area contributed by atoms with Gasteiger partial charge in [0.2, 0.25) is 10.0 Å². The second kappa shape index (κ2) is 8.34. The number of thioether (sulfide) groups is 1. The quantitative estimate of drug-likeness (QED) is 0.406. The molecule has 2 aromatic carbocycles. The first-order valence-corrected chi connectivity index (χ1v) is 11.4. The zero-order valence-electron chi connectivity index (χ0n) is 16.3. The van der Waals surface area contributed by atoms with Crippen LogP contribution >= 0.6 is 11.8 Å². The molecule has 0 aliphatic carbocycles. The molecular weight excluding hydrogens is 430 g/mol. The van der Waals surface area contributed by atoms with Gasteiger partial charge in [-0.25, -0.2) is 13.9 Å². The van der Waals surface area contributed by atoms with Crippen LogP contribution in [0.1, 0.15) is 13.8 Å². The standard InChI is InChI=1S/C19H21N3O6S2/c1-19(2)17(18(23)20-24)21(10-11-29-19)30(27,28)16-8-6-13(7-9-16)14-4-3-5-15(12-14)22(25)26/h3-9,12,17,24H,10-11H2,1-2H3,(H,20,23)/t17-/m0/s1. The number of sulfonamides is 1. The van der Waals surface area contributed by atoms with Crippen molar-refractivity contribution >= 4 is 33.4 Å². The first-order chi connectivity index (χ1) is 14.1. The summed E-state index contributed by atoms with van der Waals surface area (Å²) in [5, 5.41) is 20.1. The van der Waals surface area contributed by atoms with E-state index in [4.69, 9.17) is 5.21 Å². The van der Waals surface area contributed by atoms with Crippen LogP contribution < -0.4 is 5.48 Å². The van der Waals surface area contributed by atoms with E-state index >= 15 is 0 Å². The fourth-order valence-electron chi connectivity index (χ4n) is 3.47. The number of nitro groups is 1. The van der Waals surface area contributed by atoms with Crippen molar-refractivity contribution in [2.75, 3.05) is 12.3 Å². The second-order valence-electron chi connectivity index (χ2n) is 7.28. The van der Waals surface area contributed by atoms with Crippen LogP contribution in [0.5, 0.6) is 0 Å². The molecule has 0 spiro atoms. The highest BCUT2D eigenvalue weighted by molar-refractivity contribution is 8.00. The molecule has 30 heavy (non-hydrogen) atoms. The Hall–Kier alpha value is -2.47. The van der Waals surface area contributed by atoms with Crippen LogP contribution in [0.4, 0.5) is 5.69 Å². The highest BCUT2D eigenvalue weighted by Gasteiger charge is 2.48. The molecule has 1 amide bonds. The average Bonchev–Trinajstić information content (AvgIpc) is 2.72. The smallest absolute Gasteiger partial charge is 0.270 e. The summed E-state index contributed by atoms with van der Waals surface area (Å²) in [5.74, 6) is -0.281. The zero-order valence-corrected chi connectivity index (χ0v) is 17.9. The summed E-state index contributed by atoms with van der Waals surface area (Å²) >= 11 is 1.46. The van der Waals surface area contributed by atoms with Crippen LogP contribution in [-0.4, -0.2) is 51.8 Å². The van der Waals surface area contributed by atoms with Gasteiger partial charge in [-0.15, -0.1) is 0 Å². The second-order valence-corrected chi connectivity index (χ2v) is 10.9. The van der Waals surface area contributed by atoms with Gasteiger partial charge in [0.1, 0.15) is 6.04 Å². The molecule has 1 fully saturated rings. The fraction of sp³-hybridized carbons (Fsp3) is 0.316. The van der Waals surface area contributed by atoms with Gasteiger partial charge < -0.3 is 0 Å². The lowest BCUT2D eigenvalue weighted by molar-refractivity contribution is -0.384. The largest absolute Gasteiger partial charge is 0.289 e. The molecule has 1 heterocycles. The minimum Gasteiger partial charge on any atom is -0.289 e. The first kappa shape index (κ1) is 22.2. The summed E-state index contributed by atoms with van der Waals surface area (Å²) in [6, 6.07) is 10.9. The predicted molar refractivity (Wildman–Crippen MR) is 113 cm³/mol. The maximum atomic E-state index is 13.3. The Morgan fingerprint density at radius 1 is 1.23 bits per heavy atom. The number of nitrogens with zero attached hydrogens (tertiary/aromatic N) is 2. The van der Waals surface area contributed by atoms with E-state index in [1.165, 1.54) is 36.0 Å². The van der Waals surface area contributed by atoms with Crippen molar-refractivity contribution in [3.63, 3.8) is 0 Å². The van der Waals surface area contributed by atoms with Crippen LogP contribution in [0.3, 0.4) is 0 Å². The van der Waals surface area contributed by atoms with E-state index in [2.05, 4.69) is 0 Å². The van der Waals surface area contributed by atoms with Crippen LogP contribution in [0, 0.1) is 10.1 Å². The molecule has 0 radical (unpaired) electrons. The monoisotopic (exact) mass is 451 g/mol.